The van der Waals surface area contributed by atoms with Gasteiger partial charge in [-0.15, -0.1) is 0 Å². The Morgan fingerprint density at radius 1 is 1.40 bits per heavy atom. The summed E-state index contributed by atoms with van der Waals surface area (Å²) >= 11 is 0. The first-order valence-electron chi connectivity index (χ1n) is 3.82. The molecule has 0 saturated heterocycles. The third-order valence-corrected chi connectivity index (χ3v) is 1.41. The van der Waals surface area contributed by atoms with Crippen molar-refractivity contribution in [2.24, 2.45) is 0 Å². The highest BCUT2D eigenvalue weighted by Gasteiger charge is 2.11. The smallest absolute Gasteiger partial charge is 0.0591 e. The summed E-state index contributed by atoms with van der Waals surface area (Å²) in [7, 11) is 0. The van der Waals surface area contributed by atoms with Crippen LogP contribution < -0.4 is 0 Å². The Labute approximate surface area is 62.9 Å². The number of aliphatic hydroxyl groups is 2. The zero-order valence-electron chi connectivity index (χ0n) is 7.09. The lowest BCUT2D eigenvalue weighted by Crippen LogP contribution is -2.18. The second-order valence-electron chi connectivity index (χ2n) is 3.55. The molecule has 0 fully saturated rings. The summed E-state index contributed by atoms with van der Waals surface area (Å²) in [5, 5.41) is 18.1. The Balaban J connectivity index is 3.21. The van der Waals surface area contributed by atoms with Crippen LogP contribution in [0.15, 0.2) is 0 Å². The molecule has 1 atom stereocenters. The van der Waals surface area contributed by atoms with E-state index in [1.54, 1.807) is 20.8 Å². The van der Waals surface area contributed by atoms with Crippen molar-refractivity contribution in [3.05, 3.63) is 0 Å². The first-order chi connectivity index (χ1) is 4.42. The van der Waals surface area contributed by atoms with Gasteiger partial charge in [0, 0.05) is 0 Å². The minimum absolute atomic E-state index is 0.234. The van der Waals surface area contributed by atoms with E-state index in [-0.39, 0.29) is 6.10 Å². The van der Waals surface area contributed by atoms with Gasteiger partial charge in [-0.2, -0.15) is 0 Å². The van der Waals surface area contributed by atoms with Gasteiger partial charge in [0.05, 0.1) is 11.7 Å². The standard InChI is InChI=1S/C8H18O2/c1-7(9)5-4-6-8(2,3)10/h7,9-10H,4-6H2,1-3H3. The Hall–Kier alpha value is -0.0800. The number of hydrogen-bond donors (Lipinski definition) is 2. The topological polar surface area (TPSA) is 40.5 Å². The summed E-state index contributed by atoms with van der Waals surface area (Å²) in [4.78, 5) is 0. The molecule has 0 aromatic rings. The van der Waals surface area contributed by atoms with Gasteiger partial charge in [-0.1, -0.05) is 0 Å². The molecular formula is C8H18O2. The zero-order chi connectivity index (χ0) is 8.20. The number of hydrogen-bond acceptors (Lipinski definition) is 2. The molecule has 10 heavy (non-hydrogen) atoms. The molecule has 0 aliphatic heterocycles. The molecule has 0 aromatic heterocycles. The predicted molar refractivity (Wildman–Crippen MR) is 41.8 cm³/mol. The Bertz CT molecular complexity index is 81.7. The van der Waals surface area contributed by atoms with E-state index in [9.17, 15) is 5.11 Å². The van der Waals surface area contributed by atoms with Gasteiger partial charge in [-0.3, -0.25) is 0 Å². The summed E-state index contributed by atoms with van der Waals surface area (Å²) in [5.41, 5.74) is -0.575. The molecule has 2 N–H and O–H groups in total. The maximum Gasteiger partial charge on any atom is 0.0591 e. The quantitative estimate of drug-likeness (QED) is 0.627. The lowest BCUT2D eigenvalue weighted by molar-refractivity contribution is 0.0633. The van der Waals surface area contributed by atoms with Crippen molar-refractivity contribution in [2.45, 2.75) is 51.7 Å². The van der Waals surface area contributed by atoms with Crippen LogP contribution in [0, 0.1) is 0 Å². The first kappa shape index (κ1) is 9.92. The van der Waals surface area contributed by atoms with Crippen LogP contribution in [0.1, 0.15) is 40.0 Å². The molecule has 0 bridgehead atoms. The third kappa shape index (κ3) is 7.92. The van der Waals surface area contributed by atoms with Gasteiger partial charge in [-0.05, 0) is 40.0 Å². The van der Waals surface area contributed by atoms with Crippen molar-refractivity contribution in [2.75, 3.05) is 0 Å². The summed E-state index contributed by atoms with van der Waals surface area (Å²) in [5.74, 6) is 0. The predicted octanol–water partition coefficient (Wildman–Crippen LogP) is 1.31. The van der Waals surface area contributed by atoms with E-state index in [0.29, 0.717) is 0 Å². The fourth-order valence-electron chi connectivity index (χ4n) is 0.830. The molecule has 0 aliphatic carbocycles. The van der Waals surface area contributed by atoms with E-state index in [2.05, 4.69) is 0 Å². The number of rotatable bonds is 4. The van der Waals surface area contributed by atoms with E-state index in [4.69, 9.17) is 5.11 Å². The van der Waals surface area contributed by atoms with Crippen LogP contribution in [0.3, 0.4) is 0 Å². The van der Waals surface area contributed by atoms with Gasteiger partial charge in [-0.25, -0.2) is 0 Å². The lowest BCUT2D eigenvalue weighted by atomic mass is 10.0. The van der Waals surface area contributed by atoms with Crippen molar-refractivity contribution < 1.29 is 10.2 Å². The molecule has 0 spiro atoms. The summed E-state index contributed by atoms with van der Waals surface area (Å²) in [6, 6.07) is 0. The lowest BCUT2D eigenvalue weighted by Gasteiger charge is -2.16. The van der Waals surface area contributed by atoms with Gasteiger partial charge in [0.1, 0.15) is 0 Å². The van der Waals surface area contributed by atoms with Crippen LogP contribution in [0.5, 0.6) is 0 Å². The van der Waals surface area contributed by atoms with Crippen molar-refractivity contribution in [3.8, 4) is 0 Å². The molecule has 0 heterocycles. The molecule has 2 heteroatoms. The molecule has 62 valence electrons. The van der Waals surface area contributed by atoms with Crippen LogP contribution in [-0.4, -0.2) is 21.9 Å². The van der Waals surface area contributed by atoms with Gasteiger partial charge in [0.2, 0.25) is 0 Å². The van der Waals surface area contributed by atoms with Crippen LogP contribution in [0.4, 0.5) is 0 Å². The second kappa shape index (κ2) is 3.94. The second-order valence-corrected chi connectivity index (χ2v) is 3.55. The van der Waals surface area contributed by atoms with Crippen LogP contribution >= 0.6 is 0 Å². The van der Waals surface area contributed by atoms with Gasteiger partial charge < -0.3 is 10.2 Å². The highest BCUT2D eigenvalue weighted by Crippen LogP contribution is 2.12. The Morgan fingerprint density at radius 3 is 2.20 bits per heavy atom. The van der Waals surface area contributed by atoms with Crippen molar-refractivity contribution in [1.82, 2.24) is 0 Å². The Kier molecular flexibility index (Phi) is 3.91. The van der Waals surface area contributed by atoms with Gasteiger partial charge >= 0.3 is 0 Å². The van der Waals surface area contributed by atoms with Gasteiger partial charge in [0.15, 0.2) is 0 Å². The van der Waals surface area contributed by atoms with E-state index in [1.807, 2.05) is 0 Å². The van der Waals surface area contributed by atoms with Gasteiger partial charge in [0.25, 0.3) is 0 Å². The number of aliphatic hydroxyl groups excluding tert-OH is 1. The summed E-state index contributed by atoms with van der Waals surface area (Å²) in [6.45, 7) is 5.34. The largest absolute Gasteiger partial charge is 0.393 e. The normalized spacial score (nSPS) is 15.3. The average molecular weight is 146 g/mol. The fraction of sp³-hybridized carbons (Fsp3) is 1.00. The SMILES string of the molecule is CC(O)CCCC(C)(C)O. The fourth-order valence-corrected chi connectivity index (χ4v) is 0.830. The molecular weight excluding hydrogens is 128 g/mol. The third-order valence-electron chi connectivity index (χ3n) is 1.41. The van der Waals surface area contributed by atoms with Crippen molar-refractivity contribution in [1.29, 1.82) is 0 Å². The Morgan fingerprint density at radius 2 is 1.90 bits per heavy atom. The maximum absolute atomic E-state index is 9.25. The molecule has 0 amide bonds. The van der Waals surface area contributed by atoms with Crippen molar-refractivity contribution >= 4 is 0 Å². The van der Waals surface area contributed by atoms with Crippen LogP contribution in [0.2, 0.25) is 0 Å². The monoisotopic (exact) mass is 146 g/mol. The summed E-state index contributed by atoms with van der Waals surface area (Å²) < 4.78 is 0. The molecule has 2 nitrogen and oxygen atoms in total. The summed E-state index contributed by atoms with van der Waals surface area (Å²) in [6.07, 6.45) is 2.20. The minimum atomic E-state index is -0.575. The molecule has 0 radical (unpaired) electrons. The minimum Gasteiger partial charge on any atom is -0.393 e. The molecule has 0 aliphatic rings. The first-order valence-corrected chi connectivity index (χ1v) is 3.82. The molecule has 0 aromatic carbocycles. The molecule has 1 unspecified atom stereocenters. The van der Waals surface area contributed by atoms with Crippen molar-refractivity contribution in [3.63, 3.8) is 0 Å². The highest BCUT2D eigenvalue weighted by atomic mass is 16.3. The van der Waals surface area contributed by atoms with E-state index >= 15 is 0 Å². The van der Waals surface area contributed by atoms with Crippen LogP contribution in [-0.2, 0) is 0 Å². The van der Waals surface area contributed by atoms with E-state index in [1.165, 1.54) is 0 Å². The highest BCUT2D eigenvalue weighted by molar-refractivity contribution is 4.65. The zero-order valence-corrected chi connectivity index (χ0v) is 7.09. The molecule has 0 saturated carbocycles. The van der Waals surface area contributed by atoms with E-state index in [0.717, 1.165) is 19.3 Å². The average Bonchev–Trinajstić information content (AvgIpc) is 1.59. The maximum atomic E-state index is 9.25. The van der Waals surface area contributed by atoms with Crippen LogP contribution in [0.25, 0.3) is 0 Å². The van der Waals surface area contributed by atoms with E-state index < -0.39 is 5.60 Å². The molecule has 0 rings (SSSR count).